The number of likely N-dealkylation sites (tertiary alicyclic amines) is 1. The summed E-state index contributed by atoms with van der Waals surface area (Å²) in [7, 11) is 0. The van der Waals surface area contributed by atoms with E-state index < -0.39 is 17.5 Å². The minimum Gasteiger partial charge on any atom is -0.340 e. The molecule has 0 bridgehead atoms. The molecule has 2 fully saturated rings. The van der Waals surface area contributed by atoms with Gasteiger partial charge in [0.05, 0.1) is 15.2 Å². The molecule has 2 aliphatic heterocycles. The number of urea groups is 1. The molecular weight excluding hydrogens is 424 g/mol. The number of amides is 4. The summed E-state index contributed by atoms with van der Waals surface area (Å²) in [4.78, 5) is 46.3. The lowest BCUT2D eigenvalue weighted by Gasteiger charge is -2.32. The number of benzene rings is 2. The number of imide groups is 1. The van der Waals surface area contributed by atoms with Crippen LogP contribution in [0.3, 0.4) is 0 Å². The molecule has 7 nitrogen and oxygen atoms in total. The fourth-order valence-corrected chi connectivity index (χ4v) is 5.61. The van der Waals surface area contributed by atoms with E-state index in [4.69, 9.17) is 4.98 Å². The van der Waals surface area contributed by atoms with Gasteiger partial charge in [-0.05, 0) is 37.5 Å². The highest BCUT2D eigenvalue weighted by atomic mass is 32.1. The number of fused-ring (bicyclic) bond motifs is 1. The van der Waals surface area contributed by atoms with Gasteiger partial charge in [0.2, 0.25) is 5.91 Å². The first-order valence-electron chi connectivity index (χ1n) is 10.8. The molecular formula is C24H24N4O3S. The quantitative estimate of drug-likeness (QED) is 0.620. The number of carbonyl (C=O) groups is 3. The molecule has 5 rings (SSSR count). The van der Waals surface area contributed by atoms with E-state index >= 15 is 0 Å². The van der Waals surface area contributed by atoms with Crippen LogP contribution in [0.4, 0.5) is 4.79 Å². The van der Waals surface area contributed by atoms with Gasteiger partial charge in [0.25, 0.3) is 5.91 Å². The molecule has 3 aromatic rings. The molecule has 3 heterocycles. The number of hydrogen-bond donors (Lipinski definition) is 1. The highest BCUT2D eigenvalue weighted by Crippen LogP contribution is 2.33. The number of nitrogens with one attached hydrogen (secondary N) is 1. The van der Waals surface area contributed by atoms with Gasteiger partial charge in [0.1, 0.15) is 12.1 Å². The Labute approximate surface area is 190 Å². The molecule has 32 heavy (non-hydrogen) atoms. The van der Waals surface area contributed by atoms with Crippen LogP contribution in [0, 0.1) is 0 Å². The van der Waals surface area contributed by atoms with Gasteiger partial charge in [-0.3, -0.25) is 14.5 Å². The predicted molar refractivity (Wildman–Crippen MR) is 122 cm³/mol. The van der Waals surface area contributed by atoms with Crippen molar-refractivity contribution in [3.63, 3.8) is 0 Å². The topological polar surface area (TPSA) is 82.6 Å². The summed E-state index contributed by atoms with van der Waals surface area (Å²) in [5.41, 5.74) is 0.516. The van der Waals surface area contributed by atoms with E-state index in [0.717, 1.165) is 33.0 Å². The molecule has 2 saturated heterocycles. The van der Waals surface area contributed by atoms with E-state index in [1.54, 1.807) is 35.3 Å². The minimum absolute atomic E-state index is 0.169. The SMILES string of the molecule is C[C@]1(c2ccccc2)NC(=O)N(CC(=O)N2CCC[C@H](c3nc4ccccc4s3)C2)C1=O. The maximum absolute atomic E-state index is 13.1. The van der Waals surface area contributed by atoms with E-state index in [0.29, 0.717) is 18.7 Å². The summed E-state index contributed by atoms with van der Waals surface area (Å²) in [6, 6.07) is 16.6. The Kier molecular flexibility index (Phi) is 5.17. The monoisotopic (exact) mass is 448 g/mol. The van der Waals surface area contributed by atoms with Gasteiger partial charge in [0.15, 0.2) is 0 Å². The molecule has 1 N–H and O–H groups in total. The van der Waals surface area contributed by atoms with Crippen LogP contribution in [0.5, 0.6) is 0 Å². The van der Waals surface area contributed by atoms with Crippen LogP contribution >= 0.6 is 11.3 Å². The summed E-state index contributed by atoms with van der Waals surface area (Å²) in [5, 5.41) is 3.80. The molecule has 0 aliphatic carbocycles. The lowest BCUT2D eigenvalue weighted by atomic mass is 9.92. The summed E-state index contributed by atoms with van der Waals surface area (Å²) in [5.74, 6) is -0.443. The Morgan fingerprint density at radius 1 is 1.16 bits per heavy atom. The molecule has 0 saturated carbocycles. The maximum Gasteiger partial charge on any atom is 0.325 e. The first-order chi connectivity index (χ1) is 15.5. The third-order valence-electron chi connectivity index (χ3n) is 6.35. The number of carbonyl (C=O) groups excluding carboxylic acids is 3. The molecule has 2 atom stereocenters. The number of piperidine rings is 1. The first-order valence-corrected chi connectivity index (χ1v) is 11.6. The average Bonchev–Trinajstić information content (AvgIpc) is 3.35. The predicted octanol–water partition coefficient (Wildman–Crippen LogP) is 3.47. The Morgan fingerprint density at radius 3 is 2.69 bits per heavy atom. The van der Waals surface area contributed by atoms with Gasteiger partial charge in [-0.1, -0.05) is 42.5 Å². The number of nitrogens with zero attached hydrogens (tertiary/aromatic N) is 3. The van der Waals surface area contributed by atoms with E-state index in [1.807, 2.05) is 36.4 Å². The van der Waals surface area contributed by atoms with E-state index in [9.17, 15) is 14.4 Å². The minimum atomic E-state index is -1.16. The van der Waals surface area contributed by atoms with Crippen molar-refractivity contribution < 1.29 is 14.4 Å². The van der Waals surface area contributed by atoms with Crippen molar-refractivity contribution in [1.82, 2.24) is 20.1 Å². The lowest BCUT2D eigenvalue weighted by Crippen LogP contribution is -2.47. The van der Waals surface area contributed by atoms with Crippen molar-refractivity contribution in [2.75, 3.05) is 19.6 Å². The normalized spacial score (nSPS) is 23.6. The molecule has 164 valence electrons. The largest absolute Gasteiger partial charge is 0.340 e. The van der Waals surface area contributed by atoms with Gasteiger partial charge in [-0.25, -0.2) is 9.78 Å². The fraction of sp³-hybridized carbons (Fsp3) is 0.333. The van der Waals surface area contributed by atoms with Crippen molar-refractivity contribution >= 4 is 39.4 Å². The number of rotatable bonds is 4. The van der Waals surface area contributed by atoms with E-state index in [1.165, 1.54) is 0 Å². The summed E-state index contributed by atoms with van der Waals surface area (Å²) in [6.07, 6.45) is 1.84. The molecule has 1 aromatic heterocycles. The number of para-hydroxylation sites is 1. The van der Waals surface area contributed by atoms with Crippen LogP contribution in [0.1, 0.15) is 36.3 Å². The number of aromatic nitrogens is 1. The standard InChI is InChI=1S/C24H24N4O3S/c1-24(17-9-3-2-4-10-17)22(30)28(23(31)26-24)15-20(29)27-13-7-8-16(14-27)21-25-18-11-5-6-12-19(18)32-21/h2-6,9-12,16H,7-8,13-15H2,1H3,(H,26,31)/t16-,24+/m0/s1. The number of hydrogen-bond acceptors (Lipinski definition) is 5. The smallest absolute Gasteiger partial charge is 0.325 e. The summed E-state index contributed by atoms with van der Waals surface area (Å²) >= 11 is 1.67. The van der Waals surface area contributed by atoms with Crippen LogP contribution in [0.2, 0.25) is 0 Å². The van der Waals surface area contributed by atoms with Crippen molar-refractivity contribution in [1.29, 1.82) is 0 Å². The Balaban J connectivity index is 1.29. The molecule has 4 amide bonds. The summed E-state index contributed by atoms with van der Waals surface area (Å²) < 4.78 is 1.14. The van der Waals surface area contributed by atoms with Crippen LogP contribution in [0.15, 0.2) is 54.6 Å². The Morgan fingerprint density at radius 2 is 1.91 bits per heavy atom. The maximum atomic E-state index is 13.1. The van der Waals surface area contributed by atoms with Crippen LogP contribution in [0.25, 0.3) is 10.2 Å². The highest BCUT2D eigenvalue weighted by molar-refractivity contribution is 7.18. The number of thiazole rings is 1. The molecule has 0 unspecified atom stereocenters. The Hall–Kier alpha value is -3.26. The zero-order valence-corrected chi connectivity index (χ0v) is 18.6. The Bertz CT molecular complexity index is 1160. The van der Waals surface area contributed by atoms with Crippen molar-refractivity contribution in [3.05, 3.63) is 65.2 Å². The third kappa shape index (κ3) is 3.54. The highest BCUT2D eigenvalue weighted by Gasteiger charge is 2.49. The van der Waals surface area contributed by atoms with E-state index in [-0.39, 0.29) is 18.4 Å². The van der Waals surface area contributed by atoms with Gasteiger partial charge < -0.3 is 10.2 Å². The zero-order chi connectivity index (χ0) is 22.3. The van der Waals surface area contributed by atoms with Gasteiger partial charge >= 0.3 is 6.03 Å². The molecule has 2 aliphatic rings. The second-order valence-corrected chi connectivity index (χ2v) is 9.57. The zero-order valence-electron chi connectivity index (χ0n) is 17.8. The second kappa shape index (κ2) is 8.02. The van der Waals surface area contributed by atoms with Crippen LogP contribution in [-0.4, -0.2) is 52.3 Å². The summed E-state index contributed by atoms with van der Waals surface area (Å²) in [6.45, 7) is 2.61. The second-order valence-electron chi connectivity index (χ2n) is 8.51. The lowest BCUT2D eigenvalue weighted by molar-refractivity contribution is -0.139. The molecule has 0 radical (unpaired) electrons. The molecule has 8 heteroatoms. The molecule has 2 aromatic carbocycles. The van der Waals surface area contributed by atoms with Crippen molar-refractivity contribution in [2.45, 2.75) is 31.2 Å². The third-order valence-corrected chi connectivity index (χ3v) is 7.55. The fourth-order valence-electron chi connectivity index (χ4n) is 4.51. The van der Waals surface area contributed by atoms with Gasteiger partial charge in [-0.2, -0.15) is 0 Å². The van der Waals surface area contributed by atoms with Crippen molar-refractivity contribution in [2.24, 2.45) is 0 Å². The van der Waals surface area contributed by atoms with Gasteiger partial charge in [0, 0.05) is 19.0 Å². The van der Waals surface area contributed by atoms with Gasteiger partial charge in [-0.15, -0.1) is 11.3 Å². The van der Waals surface area contributed by atoms with Crippen LogP contribution in [-0.2, 0) is 15.1 Å². The van der Waals surface area contributed by atoms with Crippen LogP contribution < -0.4 is 5.32 Å². The average molecular weight is 449 g/mol. The van der Waals surface area contributed by atoms with Crippen molar-refractivity contribution in [3.8, 4) is 0 Å². The molecule has 0 spiro atoms. The first kappa shape index (κ1) is 20.6. The van der Waals surface area contributed by atoms with E-state index in [2.05, 4.69) is 11.4 Å².